The first-order valence-corrected chi connectivity index (χ1v) is 15.2. The van der Waals surface area contributed by atoms with Crippen LogP contribution < -0.4 is 5.32 Å². The van der Waals surface area contributed by atoms with Crippen LogP contribution in [-0.2, 0) is 26.4 Å². The first-order valence-electron chi connectivity index (χ1n) is 11.7. The molecule has 0 saturated heterocycles. The summed E-state index contributed by atoms with van der Waals surface area (Å²) in [5, 5.41) is 9.80. The van der Waals surface area contributed by atoms with Crippen molar-refractivity contribution in [2.45, 2.75) is 82.3 Å². The number of nitrogens with one attached hydrogen (secondary N) is 2. The monoisotopic (exact) mass is 508 g/mol. The number of aromatic amines is 1. The van der Waals surface area contributed by atoms with Crippen molar-refractivity contribution < 1.29 is 27.5 Å². The number of hydrogen-bond acceptors (Lipinski definition) is 4. The molecule has 0 radical (unpaired) electrons. The molecule has 2 N–H and O–H groups in total. The van der Waals surface area contributed by atoms with E-state index in [-0.39, 0.29) is 23.1 Å². The molecule has 1 saturated carbocycles. The zero-order chi connectivity index (χ0) is 25.8. The molecule has 4 rings (SSSR count). The molecule has 1 unspecified atom stereocenters. The number of amides is 2. The third-order valence-corrected chi connectivity index (χ3v) is 11.2. The average molecular weight is 509 g/mol. The molecule has 0 spiro atoms. The maximum absolute atomic E-state index is 13.5. The molecule has 11 heteroatoms. The van der Waals surface area contributed by atoms with Crippen molar-refractivity contribution in [2.24, 2.45) is 0 Å². The minimum atomic E-state index is -5.00. The molecule has 1 fully saturated rings. The summed E-state index contributed by atoms with van der Waals surface area (Å²) in [6, 6.07) is 7.62. The first kappa shape index (κ1) is 25.4. The van der Waals surface area contributed by atoms with E-state index < -0.39 is 32.0 Å². The molecule has 35 heavy (non-hydrogen) atoms. The summed E-state index contributed by atoms with van der Waals surface area (Å²) < 4.78 is 44.0. The van der Waals surface area contributed by atoms with E-state index in [1.165, 1.54) is 17.0 Å². The average Bonchev–Trinajstić information content (AvgIpc) is 3.22. The van der Waals surface area contributed by atoms with Gasteiger partial charge >= 0.3 is 6.36 Å². The van der Waals surface area contributed by atoms with Crippen LogP contribution in [0.25, 0.3) is 0 Å². The Balaban J connectivity index is 1.61. The van der Waals surface area contributed by atoms with E-state index >= 15 is 0 Å². The Kier molecular flexibility index (Phi) is 6.16. The van der Waals surface area contributed by atoms with Crippen LogP contribution in [0.1, 0.15) is 56.0 Å². The Morgan fingerprint density at radius 1 is 1.17 bits per heavy atom. The van der Waals surface area contributed by atoms with Crippen LogP contribution >= 0.6 is 0 Å². The largest absolute Gasteiger partial charge is 0.523 e. The molecule has 2 heterocycles. The van der Waals surface area contributed by atoms with Crippen LogP contribution in [0.15, 0.2) is 30.3 Å². The normalized spacial score (nSPS) is 19.6. The molecule has 1 aromatic heterocycles. The lowest BCUT2D eigenvalue weighted by Crippen LogP contribution is -2.52. The van der Waals surface area contributed by atoms with Gasteiger partial charge in [0, 0.05) is 10.6 Å². The van der Waals surface area contributed by atoms with Crippen molar-refractivity contribution in [3.05, 3.63) is 47.2 Å². The predicted octanol–water partition coefficient (Wildman–Crippen LogP) is 5.47. The third-order valence-electron chi connectivity index (χ3n) is 7.62. The SMILES string of the molecule is CC1(C)c2[nH]nc(NC(=O)C3([Si](C)(C)C)CCC3)c2CN1C(=O)C(OC(F)(F)F)c1ccccc1. The highest BCUT2D eigenvalue weighted by Crippen LogP contribution is 2.56. The van der Waals surface area contributed by atoms with Gasteiger partial charge in [0.15, 0.2) is 11.9 Å². The van der Waals surface area contributed by atoms with Gasteiger partial charge in [-0.25, -0.2) is 0 Å². The standard InChI is InChI=1S/C24H31F3N4O3Si/c1-22(2)18-16(19(30-29-18)28-21(33)23(12-9-13-23)35(3,4)5)14-31(22)20(32)17(34-24(25,26)27)15-10-7-6-8-11-15/h6-8,10-11,17H,9,12-14H2,1-5H3,(H2,28,29,30,33). The number of nitrogens with zero attached hydrogens (tertiary/aromatic N) is 2. The van der Waals surface area contributed by atoms with Gasteiger partial charge in [0.1, 0.15) is 0 Å². The van der Waals surface area contributed by atoms with Gasteiger partial charge in [0.05, 0.1) is 25.9 Å². The van der Waals surface area contributed by atoms with Gasteiger partial charge < -0.3 is 10.2 Å². The van der Waals surface area contributed by atoms with E-state index in [0.29, 0.717) is 17.1 Å². The number of fused-ring (bicyclic) bond motifs is 1. The molecule has 2 aromatic rings. The minimum Gasteiger partial charge on any atom is -0.325 e. The fourth-order valence-electron chi connectivity index (χ4n) is 5.21. The molecular weight excluding hydrogens is 477 g/mol. The topological polar surface area (TPSA) is 87.3 Å². The summed E-state index contributed by atoms with van der Waals surface area (Å²) in [5.74, 6) is -0.564. The van der Waals surface area contributed by atoms with E-state index in [1.54, 1.807) is 32.0 Å². The maximum Gasteiger partial charge on any atom is 0.523 e. The Morgan fingerprint density at radius 2 is 1.80 bits per heavy atom. The third kappa shape index (κ3) is 4.39. The number of H-pyrrole nitrogens is 1. The number of anilines is 1. The van der Waals surface area contributed by atoms with Crippen molar-refractivity contribution >= 4 is 25.7 Å². The van der Waals surface area contributed by atoms with Gasteiger partial charge in [0.25, 0.3) is 5.91 Å². The Morgan fingerprint density at radius 3 is 2.31 bits per heavy atom. The summed E-state index contributed by atoms with van der Waals surface area (Å²) in [4.78, 5) is 28.1. The summed E-state index contributed by atoms with van der Waals surface area (Å²) in [7, 11) is -1.82. The summed E-state index contributed by atoms with van der Waals surface area (Å²) in [5.41, 5.74) is 0.295. The van der Waals surface area contributed by atoms with Gasteiger partial charge in [-0.1, -0.05) is 56.4 Å². The van der Waals surface area contributed by atoms with Crippen molar-refractivity contribution in [1.29, 1.82) is 0 Å². The highest BCUT2D eigenvalue weighted by molar-refractivity contribution is 6.83. The van der Waals surface area contributed by atoms with Gasteiger partial charge in [0.2, 0.25) is 5.91 Å². The number of halogens is 3. The Hall–Kier alpha value is -2.66. The number of hydrogen-bond donors (Lipinski definition) is 2. The van der Waals surface area contributed by atoms with Gasteiger partial charge in [-0.2, -0.15) is 5.10 Å². The Bertz CT molecular complexity index is 1120. The molecule has 2 amide bonds. The number of carbonyl (C=O) groups is 2. The number of aromatic nitrogens is 2. The maximum atomic E-state index is 13.5. The van der Waals surface area contributed by atoms with Crippen LogP contribution in [0.3, 0.4) is 0 Å². The quantitative estimate of drug-likeness (QED) is 0.507. The highest BCUT2D eigenvalue weighted by Gasteiger charge is 2.54. The number of ether oxygens (including phenoxy) is 1. The van der Waals surface area contributed by atoms with Gasteiger partial charge in [-0.15, -0.1) is 13.2 Å². The van der Waals surface area contributed by atoms with Crippen LogP contribution in [0.2, 0.25) is 24.7 Å². The predicted molar refractivity (Wildman–Crippen MR) is 127 cm³/mol. The second kappa shape index (κ2) is 8.47. The van der Waals surface area contributed by atoms with E-state index in [1.807, 2.05) is 0 Å². The lowest BCUT2D eigenvalue weighted by atomic mass is 9.83. The van der Waals surface area contributed by atoms with E-state index in [0.717, 1.165) is 19.3 Å². The highest BCUT2D eigenvalue weighted by atomic mass is 28.3. The number of alkyl halides is 3. The summed E-state index contributed by atoms with van der Waals surface area (Å²) in [6.07, 6.45) is -4.17. The fraction of sp³-hybridized carbons (Fsp3) is 0.542. The fourth-order valence-corrected chi connectivity index (χ4v) is 7.81. The zero-order valence-corrected chi connectivity index (χ0v) is 21.5. The van der Waals surface area contributed by atoms with E-state index in [9.17, 15) is 22.8 Å². The first-order chi connectivity index (χ1) is 16.2. The number of rotatable bonds is 6. The van der Waals surface area contributed by atoms with E-state index in [4.69, 9.17) is 0 Å². The van der Waals surface area contributed by atoms with Crippen LogP contribution in [0.4, 0.5) is 19.0 Å². The lowest BCUT2D eigenvalue weighted by molar-refractivity contribution is -0.341. The van der Waals surface area contributed by atoms with Crippen LogP contribution in [0.5, 0.6) is 0 Å². The van der Waals surface area contributed by atoms with Gasteiger partial charge in [-0.05, 0) is 32.3 Å². The van der Waals surface area contributed by atoms with Crippen molar-refractivity contribution in [1.82, 2.24) is 15.1 Å². The molecule has 1 aliphatic carbocycles. The second-order valence-corrected chi connectivity index (χ2v) is 16.4. The van der Waals surface area contributed by atoms with Crippen molar-refractivity contribution in [3.8, 4) is 0 Å². The molecule has 190 valence electrons. The van der Waals surface area contributed by atoms with Crippen molar-refractivity contribution in [2.75, 3.05) is 5.32 Å². The molecular formula is C24H31F3N4O3Si. The summed E-state index contributed by atoms with van der Waals surface area (Å²) >= 11 is 0. The van der Waals surface area contributed by atoms with Crippen LogP contribution in [0, 0.1) is 0 Å². The molecule has 7 nitrogen and oxygen atoms in total. The molecule has 1 aromatic carbocycles. The Labute approximate surface area is 203 Å². The second-order valence-electron chi connectivity index (χ2n) is 10.9. The number of benzene rings is 1. The molecule has 1 aliphatic heterocycles. The van der Waals surface area contributed by atoms with Gasteiger partial charge in [-0.3, -0.25) is 19.4 Å². The molecule has 1 atom stereocenters. The molecule has 2 aliphatic rings. The van der Waals surface area contributed by atoms with E-state index in [2.05, 4.69) is 39.9 Å². The van der Waals surface area contributed by atoms with Crippen molar-refractivity contribution in [3.63, 3.8) is 0 Å². The minimum absolute atomic E-state index is 0.00221. The lowest BCUT2D eigenvalue weighted by Gasteiger charge is -2.48. The zero-order valence-electron chi connectivity index (χ0n) is 20.5. The summed E-state index contributed by atoms with van der Waals surface area (Å²) in [6.45, 7) is 9.98. The number of carbonyl (C=O) groups excluding carboxylic acids is 2. The van der Waals surface area contributed by atoms with Crippen LogP contribution in [-0.4, -0.2) is 41.3 Å². The molecule has 0 bridgehead atoms. The smallest absolute Gasteiger partial charge is 0.325 e.